The van der Waals surface area contributed by atoms with Crippen LogP contribution >= 0.6 is 0 Å². The number of primary amides is 1. The molecule has 1 amide bonds. The van der Waals surface area contributed by atoms with Crippen LogP contribution in [0.25, 0.3) is 0 Å². The van der Waals surface area contributed by atoms with Gasteiger partial charge in [-0.2, -0.15) is 0 Å². The van der Waals surface area contributed by atoms with Gasteiger partial charge < -0.3 is 11.1 Å². The molecule has 16 heavy (non-hydrogen) atoms. The minimum Gasteiger partial charge on any atom is -0.370 e. The zero-order valence-electron chi connectivity index (χ0n) is 9.59. The quantitative estimate of drug-likeness (QED) is 0.797. The summed E-state index contributed by atoms with van der Waals surface area (Å²) in [5.41, 5.74) is 5.76. The van der Waals surface area contributed by atoms with Gasteiger partial charge in [-0.3, -0.25) is 4.79 Å². The number of rotatable bonds is 5. The monoisotopic (exact) mass is 224 g/mol. The van der Waals surface area contributed by atoms with Gasteiger partial charge in [0.1, 0.15) is 5.82 Å². The van der Waals surface area contributed by atoms with Gasteiger partial charge in [-0.05, 0) is 31.5 Å². The van der Waals surface area contributed by atoms with Crippen LogP contribution in [-0.4, -0.2) is 11.4 Å². The summed E-state index contributed by atoms with van der Waals surface area (Å²) >= 11 is 0. The maximum Gasteiger partial charge on any atom is 0.219 e. The average molecular weight is 224 g/mol. The fourth-order valence-electron chi connectivity index (χ4n) is 1.44. The lowest BCUT2D eigenvalue weighted by Gasteiger charge is -2.24. The Hall–Kier alpha value is -1.42. The van der Waals surface area contributed by atoms with Gasteiger partial charge in [0, 0.05) is 18.5 Å². The first kappa shape index (κ1) is 12.6. The summed E-state index contributed by atoms with van der Waals surface area (Å²) in [6, 6.07) is 6.25. The Bertz CT molecular complexity index is 360. The maximum absolute atomic E-state index is 12.7. The first-order valence-electron chi connectivity index (χ1n) is 5.17. The third-order valence-corrected chi connectivity index (χ3v) is 2.30. The number of nitrogens with two attached hydrogens (primary N) is 1. The molecule has 88 valence electrons. The second kappa shape index (κ2) is 5.07. The number of amides is 1. The van der Waals surface area contributed by atoms with Crippen LogP contribution in [0, 0.1) is 5.82 Å². The van der Waals surface area contributed by atoms with E-state index in [0.717, 1.165) is 5.56 Å². The largest absolute Gasteiger partial charge is 0.370 e. The molecule has 0 aliphatic carbocycles. The van der Waals surface area contributed by atoms with Crippen LogP contribution in [0.4, 0.5) is 4.39 Å². The summed E-state index contributed by atoms with van der Waals surface area (Å²) in [4.78, 5) is 10.8. The Labute approximate surface area is 94.8 Å². The van der Waals surface area contributed by atoms with E-state index in [0.29, 0.717) is 6.54 Å². The van der Waals surface area contributed by atoms with Gasteiger partial charge >= 0.3 is 0 Å². The normalized spacial score (nSPS) is 11.4. The number of carbonyl (C=O) groups excluding carboxylic acids is 1. The second-order valence-corrected chi connectivity index (χ2v) is 4.51. The molecule has 3 nitrogen and oxygen atoms in total. The Kier molecular flexibility index (Phi) is 4.01. The van der Waals surface area contributed by atoms with Gasteiger partial charge in [-0.15, -0.1) is 0 Å². The van der Waals surface area contributed by atoms with E-state index < -0.39 is 0 Å². The third kappa shape index (κ3) is 4.40. The molecule has 1 aromatic carbocycles. The molecule has 0 fully saturated rings. The molecule has 0 aliphatic rings. The number of carbonyl (C=O) groups is 1. The summed E-state index contributed by atoms with van der Waals surface area (Å²) in [5.74, 6) is -0.586. The summed E-state index contributed by atoms with van der Waals surface area (Å²) in [5, 5.41) is 3.20. The molecule has 1 aromatic rings. The fraction of sp³-hybridized carbons (Fsp3) is 0.417. The Morgan fingerprint density at radius 2 is 1.94 bits per heavy atom. The zero-order chi connectivity index (χ0) is 12.2. The molecule has 0 saturated heterocycles. The van der Waals surface area contributed by atoms with E-state index in [9.17, 15) is 9.18 Å². The Morgan fingerprint density at radius 3 is 2.44 bits per heavy atom. The van der Waals surface area contributed by atoms with E-state index in [-0.39, 0.29) is 23.7 Å². The van der Waals surface area contributed by atoms with Crippen LogP contribution in [0.5, 0.6) is 0 Å². The lowest BCUT2D eigenvalue weighted by molar-refractivity contribution is -0.119. The smallest absolute Gasteiger partial charge is 0.219 e. The molecule has 0 radical (unpaired) electrons. The van der Waals surface area contributed by atoms with Crippen molar-refractivity contribution in [2.24, 2.45) is 5.73 Å². The molecule has 1 rings (SSSR count). The zero-order valence-corrected chi connectivity index (χ0v) is 9.59. The van der Waals surface area contributed by atoms with E-state index in [1.807, 2.05) is 13.8 Å². The van der Waals surface area contributed by atoms with E-state index in [2.05, 4.69) is 5.32 Å². The van der Waals surface area contributed by atoms with Crippen molar-refractivity contribution in [3.8, 4) is 0 Å². The van der Waals surface area contributed by atoms with E-state index in [1.54, 1.807) is 12.1 Å². The maximum atomic E-state index is 12.7. The van der Waals surface area contributed by atoms with Crippen LogP contribution in [0.3, 0.4) is 0 Å². The number of hydrogen-bond donors (Lipinski definition) is 2. The van der Waals surface area contributed by atoms with Crippen molar-refractivity contribution in [1.82, 2.24) is 5.32 Å². The first-order chi connectivity index (χ1) is 7.39. The van der Waals surface area contributed by atoms with E-state index >= 15 is 0 Å². The molecule has 0 spiro atoms. The highest BCUT2D eigenvalue weighted by atomic mass is 19.1. The standard InChI is InChI=1S/C12H17FN2O/c1-12(2,7-11(14)16)15-8-9-3-5-10(13)6-4-9/h3-6,15H,7-8H2,1-2H3,(H2,14,16). The van der Waals surface area contributed by atoms with Crippen LogP contribution in [0.1, 0.15) is 25.8 Å². The van der Waals surface area contributed by atoms with E-state index in [4.69, 9.17) is 5.73 Å². The lowest BCUT2D eigenvalue weighted by Crippen LogP contribution is -2.42. The molecule has 3 N–H and O–H groups in total. The van der Waals surface area contributed by atoms with Crippen LogP contribution < -0.4 is 11.1 Å². The number of hydrogen-bond acceptors (Lipinski definition) is 2. The van der Waals surface area contributed by atoms with Crippen LogP contribution in [0.2, 0.25) is 0 Å². The van der Waals surface area contributed by atoms with Gasteiger partial charge in [0.05, 0.1) is 0 Å². The fourth-order valence-corrected chi connectivity index (χ4v) is 1.44. The van der Waals surface area contributed by atoms with Crippen molar-refractivity contribution in [2.75, 3.05) is 0 Å². The third-order valence-electron chi connectivity index (χ3n) is 2.30. The second-order valence-electron chi connectivity index (χ2n) is 4.51. The van der Waals surface area contributed by atoms with Crippen LogP contribution in [-0.2, 0) is 11.3 Å². The van der Waals surface area contributed by atoms with Crippen molar-refractivity contribution >= 4 is 5.91 Å². The molecule has 0 heterocycles. The Morgan fingerprint density at radius 1 is 1.38 bits per heavy atom. The van der Waals surface area contributed by atoms with Crippen molar-refractivity contribution < 1.29 is 9.18 Å². The summed E-state index contributed by atoms with van der Waals surface area (Å²) in [7, 11) is 0. The highest BCUT2D eigenvalue weighted by Gasteiger charge is 2.19. The minimum atomic E-state index is -0.347. The number of nitrogens with one attached hydrogen (secondary N) is 1. The molecule has 0 aromatic heterocycles. The van der Waals surface area contributed by atoms with Crippen molar-refractivity contribution in [1.29, 1.82) is 0 Å². The molecule has 0 aliphatic heterocycles. The van der Waals surface area contributed by atoms with Crippen molar-refractivity contribution in [3.05, 3.63) is 35.6 Å². The molecular weight excluding hydrogens is 207 g/mol. The molecule has 4 heteroatoms. The average Bonchev–Trinajstić information content (AvgIpc) is 2.15. The highest BCUT2D eigenvalue weighted by molar-refractivity contribution is 5.74. The molecule has 0 bridgehead atoms. The highest BCUT2D eigenvalue weighted by Crippen LogP contribution is 2.10. The SMILES string of the molecule is CC(C)(CC(N)=O)NCc1ccc(F)cc1. The summed E-state index contributed by atoms with van der Waals surface area (Å²) < 4.78 is 12.7. The number of benzene rings is 1. The molecular formula is C12H17FN2O. The number of halogens is 1. The van der Waals surface area contributed by atoms with Gasteiger partial charge in [0.25, 0.3) is 0 Å². The molecule has 0 atom stereocenters. The predicted octanol–water partition coefficient (Wildman–Crippen LogP) is 1.57. The molecule has 0 saturated carbocycles. The van der Waals surface area contributed by atoms with Crippen molar-refractivity contribution in [3.63, 3.8) is 0 Å². The summed E-state index contributed by atoms with van der Waals surface area (Å²) in [6.07, 6.45) is 0.272. The van der Waals surface area contributed by atoms with E-state index in [1.165, 1.54) is 12.1 Å². The lowest BCUT2D eigenvalue weighted by atomic mass is 10.00. The van der Waals surface area contributed by atoms with Gasteiger partial charge in [0.15, 0.2) is 0 Å². The van der Waals surface area contributed by atoms with Gasteiger partial charge in [0.2, 0.25) is 5.91 Å². The summed E-state index contributed by atoms with van der Waals surface area (Å²) in [6.45, 7) is 4.39. The Balaban J connectivity index is 2.50. The van der Waals surface area contributed by atoms with Gasteiger partial charge in [-0.1, -0.05) is 12.1 Å². The topological polar surface area (TPSA) is 55.1 Å². The van der Waals surface area contributed by atoms with Crippen molar-refractivity contribution in [2.45, 2.75) is 32.4 Å². The van der Waals surface area contributed by atoms with Crippen LogP contribution in [0.15, 0.2) is 24.3 Å². The first-order valence-corrected chi connectivity index (χ1v) is 5.17. The minimum absolute atomic E-state index is 0.250. The molecule has 0 unspecified atom stereocenters. The van der Waals surface area contributed by atoms with Gasteiger partial charge in [-0.25, -0.2) is 4.39 Å². The predicted molar refractivity (Wildman–Crippen MR) is 61.1 cm³/mol.